The highest BCUT2D eigenvalue weighted by atomic mass is 16.4. The van der Waals surface area contributed by atoms with Crippen molar-refractivity contribution >= 4 is 54.2 Å². The molecule has 55 heavy (non-hydrogen) atoms. The van der Waals surface area contributed by atoms with Crippen molar-refractivity contribution < 1.29 is 48.7 Å². The summed E-state index contributed by atoms with van der Waals surface area (Å²) in [6, 6.07) is 3.05. The van der Waals surface area contributed by atoms with Crippen LogP contribution >= 0.6 is 0 Å². The van der Waals surface area contributed by atoms with Gasteiger partial charge in [0, 0.05) is 49.8 Å². The van der Waals surface area contributed by atoms with Crippen molar-refractivity contribution in [3.05, 3.63) is 48.0 Å². The Balaban J connectivity index is 1.27. The molecule has 1 aliphatic rings. The fraction of sp³-hybridized carbons (Fsp3) is 0.529. The number of aliphatic carboxylic acids is 1. The number of nitrogens with one attached hydrogen (secondary N) is 7. The number of rotatable bonds is 23. The lowest BCUT2D eigenvalue weighted by Crippen LogP contribution is -2.53. The number of hydrogen-bond acceptors (Lipinski definition) is 12. The van der Waals surface area contributed by atoms with Gasteiger partial charge in [0.2, 0.25) is 29.5 Å². The van der Waals surface area contributed by atoms with E-state index in [-0.39, 0.29) is 49.6 Å². The number of aromatic nitrogens is 2. The number of benzene rings is 1. The minimum absolute atomic E-state index is 0.0590. The maximum absolute atomic E-state index is 12.8. The van der Waals surface area contributed by atoms with Crippen LogP contribution < -0.4 is 37.9 Å². The van der Waals surface area contributed by atoms with E-state index in [1.807, 2.05) is 0 Å². The second-order valence-corrected chi connectivity index (χ2v) is 13.2. The van der Waals surface area contributed by atoms with Crippen molar-refractivity contribution in [3.8, 4) is 0 Å². The molecule has 0 unspecified atom stereocenters. The third-order valence-electron chi connectivity index (χ3n) is 8.87. The first-order valence-electron chi connectivity index (χ1n) is 18.2. The van der Waals surface area contributed by atoms with Crippen LogP contribution in [0.1, 0.15) is 80.8 Å². The topological polar surface area (TPSA) is 310 Å². The van der Waals surface area contributed by atoms with Gasteiger partial charge in [0.1, 0.15) is 18.1 Å². The fourth-order valence-electron chi connectivity index (χ4n) is 5.85. The van der Waals surface area contributed by atoms with Crippen LogP contribution in [-0.4, -0.2) is 122 Å². The van der Waals surface area contributed by atoms with E-state index in [2.05, 4.69) is 42.1 Å². The summed E-state index contributed by atoms with van der Waals surface area (Å²) in [7, 11) is -1.65. The van der Waals surface area contributed by atoms with Crippen LogP contribution in [0.3, 0.4) is 0 Å². The number of nitrogens with two attached hydrogens (primary N) is 1. The predicted molar refractivity (Wildman–Crippen MR) is 198 cm³/mol. The number of amides is 6. The van der Waals surface area contributed by atoms with Gasteiger partial charge in [0.15, 0.2) is 0 Å². The van der Waals surface area contributed by atoms with E-state index in [0.717, 1.165) is 0 Å². The Hall–Kier alpha value is -5.54. The molecule has 3 rings (SSSR count). The smallest absolute Gasteiger partial charge is 0.475 e. The van der Waals surface area contributed by atoms with Crippen LogP contribution in [0.4, 0.5) is 5.69 Å². The molecule has 2 heterocycles. The second-order valence-electron chi connectivity index (χ2n) is 13.2. The standard InChI is InChI=1S/C34H51BN10O10/c1-21(33(51)45-16-6-8-27(45)35(54)55)40-31(49)22-11-13-23(14-12-22)43-44-29(47)10-3-2-9-28(46)38-15-5-4-7-25(34(52)53)42-32(50)26(41-30(48)18-36)17-24-19-37-20-39-24/h11-14,19-21,25-27,43,54-55H,2-10,15-18,36H2,1H3,(H,37,39)(H,38,46)(H,40,49)(H,41,48)(H,42,50)(H,44,47)(H,52,53)/t21-,25+,26+,27+/m1/s1. The first-order chi connectivity index (χ1) is 26.3. The number of aromatic amines is 1. The summed E-state index contributed by atoms with van der Waals surface area (Å²) >= 11 is 0. The number of nitrogens with zero attached hydrogens (tertiary/aromatic N) is 2. The van der Waals surface area contributed by atoms with Gasteiger partial charge in [-0.3, -0.25) is 39.6 Å². The molecule has 0 bridgehead atoms. The molecule has 1 aromatic heterocycles. The maximum Gasteiger partial charge on any atom is 0.475 e. The number of unbranched alkanes of at least 4 members (excludes halogenated alkanes) is 2. The Morgan fingerprint density at radius 2 is 1.65 bits per heavy atom. The fourth-order valence-corrected chi connectivity index (χ4v) is 5.85. The van der Waals surface area contributed by atoms with Gasteiger partial charge in [-0.2, -0.15) is 0 Å². The Morgan fingerprint density at radius 1 is 0.945 bits per heavy atom. The molecule has 0 saturated carbocycles. The lowest BCUT2D eigenvalue weighted by atomic mass is 9.78. The van der Waals surface area contributed by atoms with E-state index in [1.54, 1.807) is 12.1 Å². The number of imidazole rings is 1. The van der Waals surface area contributed by atoms with E-state index in [1.165, 1.54) is 36.5 Å². The monoisotopic (exact) mass is 770 g/mol. The Labute approximate surface area is 318 Å². The molecule has 21 heteroatoms. The van der Waals surface area contributed by atoms with Crippen LogP contribution in [0.15, 0.2) is 36.8 Å². The van der Waals surface area contributed by atoms with Crippen molar-refractivity contribution in [2.45, 2.75) is 95.2 Å². The molecule has 20 nitrogen and oxygen atoms in total. The number of likely N-dealkylation sites (tertiary alicyclic amines) is 1. The second kappa shape index (κ2) is 22.6. The zero-order chi connectivity index (χ0) is 40.3. The summed E-state index contributed by atoms with van der Waals surface area (Å²) in [6.45, 7) is 1.87. The normalized spacial score (nSPS) is 15.2. The van der Waals surface area contributed by atoms with Crippen LogP contribution in [0.5, 0.6) is 0 Å². The van der Waals surface area contributed by atoms with Crippen LogP contribution in [0.2, 0.25) is 0 Å². The molecular formula is C34H51BN10O10. The van der Waals surface area contributed by atoms with Gasteiger partial charge in [-0.1, -0.05) is 0 Å². The van der Waals surface area contributed by atoms with Gasteiger partial charge in [0.25, 0.3) is 5.91 Å². The summed E-state index contributed by atoms with van der Waals surface area (Å²) in [6.07, 6.45) is 6.26. The average Bonchev–Trinajstić information content (AvgIpc) is 3.87. The van der Waals surface area contributed by atoms with Crippen LogP contribution in [0.25, 0.3) is 0 Å². The third-order valence-corrected chi connectivity index (χ3v) is 8.87. The minimum Gasteiger partial charge on any atom is -0.480 e. The lowest BCUT2D eigenvalue weighted by Gasteiger charge is -2.27. The molecule has 1 aliphatic heterocycles. The molecule has 0 spiro atoms. The van der Waals surface area contributed by atoms with E-state index in [9.17, 15) is 48.7 Å². The average molecular weight is 771 g/mol. The number of hydrazine groups is 1. The first kappa shape index (κ1) is 43.9. The number of anilines is 1. The highest BCUT2D eigenvalue weighted by Gasteiger charge is 2.38. The van der Waals surface area contributed by atoms with Gasteiger partial charge < -0.3 is 52.0 Å². The molecule has 12 N–H and O–H groups in total. The van der Waals surface area contributed by atoms with Crippen molar-refractivity contribution in [2.75, 3.05) is 25.1 Å². The summed E-state index contributed by atoms with van der Waals surface area (Å²) in [5, 5.41) is 39.0. The summed E-state index contributed by atoms with van der Waals surface area (Å²) in [5.41, 5.74) is 12.0. The molecule has 300 valence electrons. The predicted octanol–water partition coefficient (Wildman–Crippen LogP) is -1.92. The summed E-state index contributed by atoms with van der Waals surface area (Å²) in [4.78, 5) is 94.4. The molecular weight excluding hydrogens is 719 g/mol. The van der Waals surface area contributed by atoms with Crippen molar-refractivity contribution in [3.63, 3.8) is 0 Å². The third kappa shape index (κ3) is 15.0. The summed E-state index contributed by atoms with van der Waals surface area (Å²) in [5.74, 6) is -4.61. The Kier molecular flexibility index (Phi) is 18.0. The van der Waals surface area contributed by atoms with E-state index in [4.69, 9.17) is 5.73 Å². The van der Waals surface area contributed by atoms with Gasteiger partial charge in [0.05, 0.1) is 24.5 Å². The maximum atomic E-state index is 12.8. The van der Waals surface area contributed by atoms with Gasteiger partial charge in [-0.05, 0) is 76.1 Å². The highest BCUT2D eigenvalue weighted by molar-refractivity contribution is 6.43. The largest absolute Gasteiger partial charge is 0.480 e. The molecule has 6 amide bonds. The minimum atomic E-state index is -1.65. The highest BCUT2D eigenvalue weighted by Crippen LogP contribution is 2.19. The lowest BCUT2D eigenvalue weighted by molar-refractivity contribution is -0.142. The van der Waals surface area contributed by atoms with Crippen molar-refractivity contribution in [1.29, 1.82) is 0 Å². The number of carboxylic acids is 1. The van der Waals surface area contributed by atoms with Crippen molar-refractivity contribution in [2.24, 2.45) is 5.73 Å². The molecule has 4 atom stereocenters. The zero-order valence-electron chi connectivity index (χ0n) is 30.7. The molecule has 1 fully saturated rings. The van der Waals surface area contributed by atoms with Gasteiger partial charge in [-0.15, -0.1) is 0 Å². The molecule has 1 saturated heterocycles. The molecule has 2 aromatic rings. The zero-order valence-corrected chi connectivity index (χ0v) is 30.7. The van der Waals surface area contributed by atoms with Crippen LogP contribution in [0, 0.1) is 0 Å². The Bertz CT molecular complexity index is 1600. The number of carbonyl (C=O) groups excluding carboxylic acids is 6. The number of carbonyl (C=O) groups is 7. The van der Waals surface area contributed by atoms with E-state index < -0.39 is 60.8 Å². The van der Waals surface area contributed by atoms with E-state index in [0.29, 0.717) is 63.0 Å². The Morgan fingerprint density at radius 3 is 2.29 bits per heavy atom. The van der Waals surface area contributed by atoms with Crippen molar-refractivity contribution in [1.82, 2.24) is 41.6 Å². The number of H-pyrrole nitrogens is 1. The van der Waals surface area contributed by atoms with Gasteiger partial charge >= 0.3 is 13.1 Å². The van der Waals surface area contributed by atoms with Crippen LogP contribution in [-0.2, 0) is 35.2 Å². The number of hydrogen-bond donors (Lipinski definition) is 11. The molecule has 1 aromatic carbocycles. The van der Waals surface area contributed by atoms with Gasteiger partial charge in [-0.25, -0.2) is 9.78 Å². The number of carboxylic acid groups (broad SMARTS) is 1. The molecule has 0 radical (unpaired) electrons. The SMILES string of the molecule is C[C@@H](NC(=O)c1ccc(NNC(=O)CCCCC(=O)NCCCC[C@H](NC(=O)[C@H](Cc2cnc[nH]2)NC(=O)CN)C(=O)O)cc1)C(=O)N1CCC[C@H]1B(O)O. The van der Waals surface area contributed by atoms with E-state index >= 15 is 0 Å². The summed E-state index contributed by atoms with van der Waals surface area (Å²) < 4.78 is 0. The quantitative estimate of drug-likeness (QED) is 0.0334. The first-order valence-corrected chi connectivity index (χ1v) is 18.2. The molecule has 0 aliphatic carbocycles.